The SMILES string of the molecule is NC(=CC(=O)Cl)c1ccccc1. The molecule has 0 atom stereocenters. The van der Waals surface area contributed by atoms with Crippen molar-refractivity contribution in [2.45, 2.75) is 0 Å². The van der Waals surface area contributed by atoms with Gasteiger partial charge in [-0.2, -0.15) is 0 Å². The lowest BCUT2D eigenvalue weighted by Crippen LogP contribution is -1.97. The summed E-state index contributed by atoms with van der Waals surface area (Å²) in [5, 5.41) is -0.559. The highest BCUT2D eigenvalue weighted by Gasteiger charge is 1.96. The highest BCUT2D eigenvalue weighted by atomic mass is 35.5. The largest absolute Gasteiger partial charge is 0.398 e. The Balaban J connectivity index is 2.93. The number of carbonyl (C=O) groups excluding carboxylic acids is 1. The van der Waals surface area contributed by atoms with Gasteiger partial charge in [-0.1, -0.05) is 30.3 Å². The molecule has 0 amide bonds. The molecular weight excluding hydrogens is 174 g/mol. The van der Waals surface area contributed by atoms with Gasteiger partial charge in [0.15, 0.2) is 0 Å². The van der Waals surface area contributed by atoms with E-state index in [1.165, 1.54) is 6.08 Å². The smallest absolute Gasteiger partial charge is 0.247 e. The summed E-state index contributed by atoms with van der Waals surface area (Å²) in [7, 11) is 0. The van der Waals surface area contributed by atoms with Crippen molar-refractivity contribution in [1.82, 2.24) is 0 Å². The zero-order chi connectivity index (χ0) is 8.97. The van der Waals surface area contributed by atoms with E-state index in [1.807, 2.05) is 30.3 Å². The van der Waals surface area contributed by atoms with Crippen molar-refractivity contribution in [2.75, 3.05) is 0 Å². The van der Waals surface area contributed by atoms with Gasteiger partial charge in [0.1, 0.15) is 0 Å². The van der Waals surface area contributed by atoms with Crippen LogP contribution in [0.1, 0.15) is 5.56 Å². The number of benzene rings is 1. The van der Waals surface area contributed by atoms with Gasteiger partial charge < -0.3 is 5.73 Å². The first-order chi connectivity index (χ1) is 5.70. The molecule has 0 fully saturated rings. The van der Waals surface area contributed by atoms with E-state index < -0.39 is 5.24 Å². The minimum Gasteiger partial charge on any atom is -0.398 e. The van der Waals surface area contributed by atoms with Crippen molar-refractivity contribution in [3.05, 3.63) is 42.0 Å². The van der Waals surface area contributed by atoms with Crippen LogP contribution in [0, 0.1) is 0 Å². The predicted octanol–water partition coefficient (Wildman–Crippen LogP) is 1.75. The summed E-state index contributed by atoms with van der Waals surface area (Å²) in [6.45, 7) is 0. The summed E-state index contributed by atoms with van der Waals surface area (Å²) in [6.07, 6.45) is 1.19. The molecule has 0 heterocycles. The second kappa shape index (κ2) is 3.93. The average molecular weight is 182 g/mol. The lowest BCUT2D eigenvalue weighted by Gasteiger charge is -1.97. The molecule has 0 aromatic heterocycles. The second-order valence-electron chi connectivity index (χ2n) is 2.27. The van der Waals surface area contributed by atoms with Gasteiger partial charge in [0.05, 0.1) is 0 Å². The molecule has 12 heavy (non-hydrogen) atoms. The number of hydrogen-bond donors (Lipinski definition) is 1. The quantitative estimate of drug-likeness (QED) is 0.558. The van der Waals surface area contributed by atoms with Gasteiger partial charge in [-0.15, -0.1) is 0 Å². The minimum absolute atomic E-state index is 0.385. The van der Waals surface area contributed by atoms with E-state index in [9.17, 15) is 4.79 Å². The molecule has 1 rings (SSSR count). The third-order valence-electron chi connectivity index (χ3n) is 1.38. The van der Waals surface area contributed by atoms with Crippen molar-refractivity contribution in [2.24, 2.45) is 5.73 Å². The molecule has 0 spiro atoms. The molecule has 62 valence electrons. The average Bonchev–Trinajstić information content (AvgIpc) is 2.05. The fraction of sp³-hybridized carbons (Fsp3) is 0. The van der Waals surface area contributed by atoms with Crippen LogP contribution in [0.25, 0.3) is 5.70 Å². The van der Waals surface area contributed by atoms with Gasteiger partial charge in [-0.05, 0) is 17.2 Å². The Hall–Kier alpha value is -1.28. The summed E-state index contributed by atoms with van der Waals surface area (Å²) < 4.78 is 0. The summed E-state index contributed by atoms with van der Waals surface area (Å²) in [4.78, 5) is 10.4. The minimum atomic E-state index is -0.559. The normalized spacial score (nSPS) is 11.2. The van der Waals surface area contributed by atoms with Crippen molar-refractivity contribution in [3.63, 3.8) is 0 Å². The van der Waals surface area contributed by atoms with Crippen LogP contribution < -0.4 is 5.73 Å². The van der Waals surface area contributed by atoms with E-state index in [2.05, 4.69) is 0 Å². The zero-order valence-corrected chi connectivity index (χ0v) is 7.08. The van der Waals surface area contributed by atoms with E-state index in [0.717, 1.165) is 5.56 Å². The third-order valence-corrected chi connectivity index (χ3v) is 1.49. The Kier molecular flexibility index (Phi) is 2.88. The Morgan fingerprint density at radius 3 is 2.42 bits per heavy atom. The molecular formula is C9H8ClNO. The van der Waals surface area contributed by atoms with Gasteiger partial charge >= 0.3 is 0 Å². The summed E-state index contributed by atoms with van der Waals surface area (Å²) >= 11 is 5.13. The second-order valence-corrected chi connectivity index (χ2v) is 2.64. The first kappa shape index (κ1) is 8.81. The van der Waals surface area contributed by atoms with Gasteiger partial charge in [-0.25, -0.2) is 0 Å². The van der Waals surface area contributed by atoms with Gasteiger partial charge in [0.25, 0.3) is 0 Å². The topological polar surface area (TPSA) is 43.1 Å². The first-order valence-electron chi connectivity index (χ1n) is 3.42. The molecule has 0 aliphatic carbocycles. The first-order valence-corrected chi connectivity index (χ1v) is 3.80. The molecule has 2 nitrogen and oxygen atoms in total. The van der Waals surface area contributed by atoms with Crippen molar-refractivity contribution in [1.29, 1.82) is 0 Å². The predicted molar refractivity (Wildman–Crippen MR) is 49.5 cm³/mol. The molecule has 0 aliphatic heterocycles. The third kappa shape index (κ3) is 2.40. The van der Waals surface area contributed by atoms with Crippen LogP contribution in [0.2, 0.25) is 0 Å². The van der Waals surface area contributed by atoms with Crippen molar-refractivity contribution < 1.29 is 4.79 Å². The molecule has 0 radical (unpaired) electrons. The zero-order valence-electron chi connectivity index (χ0n) is 6.33. The Bertz CT molecular complexity index is 306. The maximum Gasteiger partial charge on any atom is 0.247 e. The molecule has 0 aliphatic rings. The Morgan fingerprint density at radius 1 is 1.33 bits per heavy atom. The molecule has 1 aromatic carbocycles. The van der Waals surface area contributed by atoms with Crippen LogP contribution in [0.15, 0.2) is 36.4 Å². The summed E-state index contributed by atoms with van der Waals surface area (Å²) in [5.41, 5.74) is 6.73. The highest BCUT2D eigenvalue weighted by molar-refractivity contribution is 6.66. The number of allylic oxidation sites excluding steroid dienone is 1. The summed E-state index contributed by atoms with van der Waals surface area (Å²) in [6, 6.07) is 9.18. The fourth-order valence-corrected chi connectivity index (χ4v) is 0.954. The number of carbonyl (C=O) groups is 1. The van der Waals surface area contributed by atoms with E-state index in [0.29, 0.717) is 5.70 Å². The molecule has 2 N–H and O–H groups in total. The Morgan fingerprint density at radius 2 is 1.92 bits per heavy atom. The molecule has 0 saturated carbocycles. The van der Waals surface area contributed by atoms with E-state index in [1.54, 1.807) is 0 Å². The van der Waals surface area contributed by atoms with E-state index in [-0.39, 0.29) is 0 Å². The van der Waals surface area contributed by atoms with Crippen molar-refractivity contribution in [3.8, 4) is 0 Å². The van der Waals surface area contributed by atoms with Gasteiger partial charge in [-0.3, -0.25) is 4.79 Å². The van der Waals surface area contributed by atoms with Crippen LogP contribution in [0.4, 0.5) is 0 Å². The highest BCUT2D eigenvalue weighted by Crippen LogP contribution is 2.07. The number of nitrogens with two attached hydrogens (primary N) is 1. The van der Waals surface area contributed by atoms with Crippen LogP contribution in [0.5, 0.6) is 0 Å². The molecule has 0 saturated heterocycles. The molecule has 0 bridgehead atoms. The van der Waals surface area contributed by atoms with Gasteiger partial charge in [0, 0.05) is 11.8 Å². The number of hydrogen-bond acceptors (Lipinski definition) is 2. The molecule has 3 heteroatoms. The van der Waals surface area contributed by atoms with Crippen LogP contribution >= 0.6 is 11.6 Å². The van der Waals surface area contributed by atoms with Crippen LogP contribution in [-0.4, -0.2) is 5.24 Å². The lowest BCUT2D eigenvalue weighted by molar-refractivity contribution is -0.107. The maximum absolute atomic E-state index is 10.4. The maximum atomic E-state index is 10.4. The van der Waals surface area contributed by atoms with E-state index in [4.69, 9.17) is 17.3 Å². The standard InChI is InChI=1S/C9H8ClNO/c10-9(12)6-8(11)7-4-2-1-3-5-7/h1-6H,11H2. The van der Waals surface area contributed by atoms with Crippen LogP contribution in [-0.2, 0) is 4.79 Å². The van der Waals surface area contributed by atoms with E-state index >= 15 is 0 Å². The van der Waals surface area contributed by atoms with Crippen LogP contribution in [0.3, 0.4) is 0 Å². The molecule has 1 aromatic rings. The Labute approximate surface area is 75.6 Å². The van der Waals surface area contributed by atoms with Crippen molar-refractivity contribution >= 4 is 22.5 Å². The number of rotatable bonds is 2. The summed E-state index contributed by atoms with van der Waals surface area (Å²) in [5.74, 6) is 0. The molecule has 0 unspecified atom stereocenters. The number of halogens is 1. The lowest BCUT2D eigenvalue weighted by atomic mass is 10.1. The monoisotopic (exact) mass is 181 g/mol. The fourth-order valence-electron chi connectivity index (χ4n) is 0.836. The van der Waals surface area contributed by atoms with Gasteiger partial charge in [0.2, 0.25) is 5.24 Å².